The van der Waals surface area contributed by atoms with Gasteiger partial charge < -0.3 is 23.1 Å². The van der Waals surface area contributed by atoms with E-state index in [9.17, 15) is 0 Å². The second kappa shape index (κ2) is 19.0. The van der Waals surface area contributed by atoms with Crippen molar-refractivity contribution in [3.63, 3.8) is 0 Å². The van der Waals surface area contributed by atoms with Gasteiger partial charge in [-0.15, -0.1) is 0 Å². The number of benzene rings is 13. The molecular weight excluding hydrogens is 1020 g/mol. The maximum absolute atomic E-state index is 7.42. The molecule has 0 saturated carbocycles. The molecule has 1 aliphatic rings. The lowest BCUT2D eigenvalue weighted by atomic mass is 9.67. The Morgan fingerprint density at radius 1 is 0.262 bits per heavy atom. The molecule has 5 heteroatoms. The zero-order valence-corrected chi connectivity index (χ0v) is 45.5. The zero-order valence-electron chi connectivity index (χ0n) is 45.5. The average molecular weight is 1080 g/mol. The summed E-state index contributed by atoms with van der Waals surface area (Å²) < 4.78 is 21.4. The number of hydrogen-bond donors (Lipinski definition) is 0. The fourth-order valence-corrected chi connectivity index (χ4v) is 13.8. The number of rotatable bonds is 10. The molecule has 13 aromatic carbocycles. The van der Waals surface area contributed by atoms with E-state index in [0.29, 0.717) is 0 Å². The molecule has 0 spiro atoms. The van der Waals surface area contributed by atoms with Crippen molar-refractivity contribution in [3.05, 3.63) is 326 Å². The van der Waals surface area contributed by atoms with Crippen LogP contribution in [0.15, 0.2) is 317 Å². The molecule has 0 fully saturated rings. The lowest BCUT2D eigenvalue weighted by Gasteiger charge is -2.36. The summed E-state index contributed by atoms with van der Waals surface area (Å²) in [5.41, 5.74) is 20.9. The van der Waals surface area contributed by atoms with Crippen LogP contribution in [-0.4, -0.2) is 0 Å². The summed E-state index contributed by atoms with van der Waals surface area (Å²) in [4.78, 5) is 4.80. The molecule has 0 unspecified atom stereocenters. The topological polar surface area (TPSA) is 45.9 Å². The van der Waals surface area contributed by atoms with Gasteiger partial charge in [0.15, 0.2) is 16.7 Å². The highest BCUT2D eigenvalue weighted by atomic mass is 16.3. The van der Waals surface area contributed by atoms with Gasteiger partial charge in [0.1, 0.15) is 16.7 Å². The first-order chi connectivity index (χ1) is 41.7. The quantitative estimate of drug-likeness (QED) is 0.137. The first kappa shape index (κ1) is 47.6. The number of hydrogen-bond acceptors (Lipinski definition) is 5. The zero-order chi connectivity index (χ0) is 55.3. The first-order valence-corrected chi connectivity index (χ1v) is 28.6. The molecule has 394 valence electrons. The summed E-state index contributed by atoms with van der Waals surface area (Å²) in [6, 6.07) is 109. The highest BCUT2D eigenvalue weighted by molar-refractivity contribution is 6.21. The molecule has 0 radical (unpaired) electrons. The van der Waals surface area contributed by atoms with Crippen LogP contribution in [-0.2, 0) is 5.41 Å². The highest BCUT2D eigenvalue weighted by Crippen LogP contribution is 2.62. The Hall–Kier alpha value is -11.1. The summed E-state index contributed by atoms with van der Waals surface area (Å²) >= 11 is 0. The van der Waals surface area contributed by atoms with Crippen molar-refractivity contribution in [2.24, 2.45) is 0 Å². The summed E-state index contributed by atoms with van der Waals surface area (Å²) in [5.74, 6) is 0. The molecule has 3 heterocycles. The summed E-state index contributed by atoms with van der Waals surface area (Å²) in [5, 5.41) is 6.31. The molecule has 84 heavy (non-hydrogen) atoms. The summed E-state index contributed by atoms with van der Waals surface area (Å²) in [7, 11) is 0. The smallest absolute Gasteiger partial charge is 0.160 e. The van der Waals surface area contributed by atoms with Gasteiger partial charge in [-0.1, -0.05) is 237 Å². The van der Waals surface area contributed by atoms with E-state index in [1.807, 2.05) is 12.1 Å². The van der Waals surface area contributed by atoms with Crippen molar-refractivity contribution < 1.29 is 13.3 Å². The van der Waals surface area contributed by atoms with Crippen LogP contribution < -0.4 is 9.80 Å². The van der Waals surface area contributed by atoms with Crippen LogP contribution in [0.4, 0.5) is 34.1 Å². The van der Waals surface area contributed by atoms with Gasteiger partial charge in [0.2, 0.25) is 0 Å². The number of nitrogens with zero attached hydrogens (tertiary/aromatic N) is 2. The average Bonchev–Trinajstić information content (AvgIpc) is 1.76. The minimum Gasteiger partial charge on any atom is -0.454 e. The van der Waals surface area contributed by atoms with E-state index in [4.69, 9.17) is 13.3 Å². The van der Waals surface area contributed by atoms with Crippen LogP contribution in [0.2, 0.25) is 0 Å². The first-order valence-electron chi connectivity index (χ1n) is 28.6. The second-order valence-corrected chi connectivity index (χ2v) is 21.8. The van der Waals surface area contributed by atoms with E-state index < -0.39 is 5.41 Å². The third-order valence-electron chi connectivity index (χ3n) is 17.3. The standard InChI is InChI=1S/C79H50N2O3/c1-5-24-51(25-6-1)53-28-21-33-56(48-53)81(69-42-23-39-62-60-36-15-19-44-72(60)83-77(62)69)70-50-66-74(75-64-37-16-20-45-73(64)84-78(70)75)63-47-46-57(49-65(63)79(66,54-29-9-3-10-30-54)55-31-11-4-12-32-55)80(67-40-17-13-34-58(67)52-26-7-2-8-27-52)68-41-22-38-61-59-35-14-18-43-71(59)82-76(61)68/h1-50H. The Bertz CT molecular complexity index is 5180. The second-order valence-electron chi connectivity index (χ2n) is 21.8. The molecule has 5 nitrogen and oxygen atoms in total. The van der Waals surface area contributed by atoms with Gasteiger partial charge in [-0.3, -0.25) is 0 Å². The van der Waals surface area contributed by atoms with Crippen molar-refractivity contribution in [1.29, 1.82) is 0 Å². The van der Waals surface area contributed by atoms with Crippen LogP contribution in [0.3, 0.4) is 0 Å². The molecule has 0 bridgehead atoms. The van der Waals surface area contributed by atoms with E-state index in [-0.39, 0.29) is 0 Å². The summed E-state index contributed by atoms with van der Waals surface area (Å²) in [6.45, 7) is 0. The van der Waals surface area contributed by atoms with Crippen molar-refractivity contribution in [1.82, 2.24) is 0 Å². The minimum atomic E-state index is -0.885. The van der Waals surface area contributed by atoms with Crippen molar-refractivity contribution in [2.45, 2.75) is 5.41 Å². The van der Waals surface area contributed by atoms with Gasteiger partial charge >= 0.3 is 0 Å². The van der Waals surface area contributed by atoms with Gasteiger partial charge in [-0.05, 0) is 117 Å². The number of para-hydroxylation sites is 6. The predicted octanol–water partition coefficient (Wildman–Crippen LogP) is 22.0. The SMILES string of the molecule is c1ccc(-c2cccc(N(c3cccc4c3oc3ccccc34)c3cc4c(c5c3oc3ccccc35)-c3ccc(N(c5ccccc5-c5ccccc5)c5cccc6c5oc5ccccc56)cc3C4(c3ccccc3)c3ccccc3)c2)cc1. The Morgan fingerprint density at radius 2 is 0.714 bits per heavy atom. The molecule has 0 atom stereocenters. The maximum Gasteiger partial charge on any atom is 0.160 e. The van der Waals surface area contributed by atoms with E-state index in [1.54, 1.807) is 0 Å². The Morgan fingerprint density at radius 3 is 1.35 bits per heavy atom. The Kier molecular flexibility index (Phi) is 10.8. The van der Waals surface area contributed by atoms with Crippen LogP contribution in [0.25, 0.3) is 99.2 Å². The number of anilines is 6. The van der Waals surface area contributed by atoms with Gasteiger partial charge in [0.05, 0.1) is 28.2 Å². The molecule has 1 aliphatic carbocycles. The van der Waals surface area contributed by atoms with Crippen LogP contribution in [0.1, 0.15) is 22.3 Å². The molecule has 17 rings (SSSR count). The summed E-state index contributed by atoms with van der Waals surface area (Å²) in [6.07, 6.45) is 0. The third-order valence-corrected chi connectivity index (χ3v) is 17.3. The maximum atomic E-state index is 7.42. The monoisotopic (exact) mass is 1070 g/mol. The molecule has 3 aromatic heterocycles. The molecule has 0 N–H and O–H groups in total. The van der Waals surface area contributed by atoms with Crippen LogP contribution >= 0.6 is 0 Å². The van der Waals surface area contributed by atoms with Crippen molar-refractivity contribution in [3.8, 4) is 33.4 Å². The van der Waals surface area contributed by atoms with Crippen LogP contribution in [0, 0.1) is 0 Å². The largest absolute Gasteiger partial charge is 0.454 e. The van der Waals surface area contributed by atoms with Crippen molar-refractivity contribution in [2.75, 3.05) is 9.80 Å². The molecule has 0 saturated heterocycles. The third kappa shape index (κ3) is 7.15. The minimum absolute atomic E-state index is 0.773. The normalized spacial score (nSPS) is 12.6. The van der Waals surface area contributed by atoms with Gasteiger partial charge in [-0.25, -0.2) is 0 Å². The van der Waals surface area contributed by atoms with E-state index in [2.05, 4.69) is 301 Å². The fourth-order valence-electron chi connectivity index (χ4n) is 13.8. The van der Waals surface area contributed by atoms with E-state index in [0.717, 1.165) is 156 Å². The van der Waals surface area contributed by atoms with Gasteiger partial charge in [0.25, 0.3) is 0 Å². The van der Waals surface area contributed by atoms with Gasteiger partial charge in [0, 0.05) is 49.3 Å². The Balaban J connectivity index is 1.01. The molecule has 0 amide bonds. The molecule has 16 aromatic rings. The highest BCUT2D eigenvalue weighted by Gasteiger charge is 2.49. The lowest BCUT2D eigenvalue weighted by Crippen LogP contribution is -2.29. The number of fused-ring (bicyclic) bond motifs is 13. The van der Waals surface area contributed by atoms with Crippen LogP contribution in [0.5, 0.6) is 0 Å². The fraction of sp³-hybridized carbons (Fsp3) is 0.0127. The molecule has 0 aliphatic heterocycles. The Labute approximate surface area is 484 Å². The molecular formula is C79H50N2O3. The predicted molar refractivity (Wildman–Crippen MR) is 346 cm³/mol. The van der Waals surface area contributed by atoms with E-state index in [1.165, 1.54) is 0 Å². The van der Waals surface area contributed by atoms with Crippen molar-refractivity contribution >= 4 is 99.9 Å². The lowest BCUT2D eigenvalue weighted by molar-refractivity contribution is 0.666. The van der Waals surface area contributed by atoms with Gasteiger partial charge in [-0.2, -0.15) is 0 Å². The number of furan rings is 3. The van der Waals surface area contributed by atoms with E-state index >= 15 is 0 Å².